The minimum atomic E-state index is -0.856. The molecule has 2 aromatic rings. The number of aromatic nitrogens is 1. The SMILES string of the molecule is CCCNc1c(CC)c(C)nc2cc(F)c(F)cc12. The Morgan fingerprint density at radius 2 is 1.84 bits per heavy atom. The lowest BCUT2D eigenvalue weighted by molar-refractivity contribution is 0.510. The molecule has 0 aliphatic heterocycles. The molecule has 0 radical (unpaired) electrons. The summed E-state index contributed by atoms with van der Waals surface area (Å²) in [7, 11) is 0. The molecule has 0 spiro atoms. The van der Waals surface area contributed by atoms with Crippen LogP contribution in [0.3, 0.4) is 0 Å². The maximum Gasteiger partial charge on any atom is 0.161 e. The van der Waals surface area contributed by atoms with Crippen LogP contribution in [-0.2, 0) is 6.42 Å². The van der Waals surface area contributed by atoms with E-state index in [0.717, 1.165) is 42.4 Å². The molecule has 2 nitrogen and oxygen atoms in total. The third kappa shape index (κ3) is 2.53. The first-order chi connectivity index (χ1) is 9.08. The summed E-state index contributed by atoms with van der Waals surface area (Å²) in [5, 5.41) is 3.96. The minimum Gasteiger partial charge on any atom is -0.384 e. The van der Waals surface area contributed by atoms with Gasteiger partial charge in [0, 0.05) is 29.4 Å². The van der Waals surface area contributed by atoms with Gasteiger partial charge in [-0.05, 0) is 31.4 Å². The topological polar surface area (TPSA) is 24.9 Å². The fourth-order valence-electron chi connectivity index (χ4n) is 2.31. The Morgan fingerprint density at radius 1 is 1.16 bits per heavy atom. The Balaban J connectivity index is 2.73. The van der Waals surface area contributed by atoms with E-state index in [2.05, 4.69) is 17.2 Å². The molecule has 0 saturated heterocycles. The number of hydrogen-bond donors (Lipinski definition) is 1. The molecule has 0 fully saturated rings. The van der Waals surface area contributed by atoms with Gasteiger partial charge in [0.1, 0.15) is 0 Å². The van der Waals surface area contributed by atoms with E-state index in [1.165, 1.54) is 6.07 Å². The molecule has 19 heavy (non-hydrogen) atoms. The summed E-state index contributed by atoms with van der Waals surface area (Å²) in [6.07, 6.45) is 1.77. The molecule has 102 valence electrons. The van der Waals surface area contributed by atoms with E-state index >= 15 is 0 Å². The summed E-state index contributed by atoms with van der Waals surface area (Å²) in [4.78, 5) is 4.37. The van der Waals surface area contributed by atoms with E-state index in [4.69, 9.17) is 0 Å². The van der Waals surface area contributed by atoms with Crippen LogP contribution in [0.2, 0.25) is 0 Å². The van der Waals surface area contributed by atoms with Crippen molar-refractivity contribution in [3.8, 4) is 0 Å². The van der Waals surface area contributed by atoms with Crippen molar-refractivity contribution in [2.75, 3.05) is 11.9 Å². The molecule has 0 amide bonds. The van der Waals surface area contributed by atoms with Crippen LogP contribution in [0.5, 0.6) is 0 Å². The monoisotopic (exact) mass is 264 g/mol. The van der Waals surface area contributed by atoms with Crippen molar-refractivity contribution in [1.82, 2.24) is 4.98 Å². The largest absolute Gasteiger partial charge is 0.384 e. The van der Waals surface area contributed by atoms with Gasteiger partial charge in [-0.25, -0.2) is 8.78 Å². The molecule has 0 aliphatic carbocycles. The van der Waals surface area contributed by atoms with Gasteiger partial charge in [0.15, 0.2) is 11.6 Å². The molecule has 1 heterocycles. The van der Waals surface area contributed by atoms with Crippen molar-refractivity contribution in [1.29, 1.82) is 0 Å². The number of nitrogens with zero attached hydrogens (tertiary/aromatic N) is 1. The lowest BCUT2D eigenvalue weighted by Gasteiger charge is -2.16. The molecule has 1 N–H and O–H groups in total. The fourth-order valence-corrected chi connectivity index (χ4v) is 2.31. The second-order valence-electron chi connectivity index (χ2n) is 4.61. The zero-order valence-electron chi connectivity index (χ0n) is 11.5. The van der Waals surface area contributed by atoms with Crippen LogP contribution < -0.4 is 5.32 Å². The summed E-state index contributed by atoms with van der Waals surface area (Å²) in [5.41, 5.74) is 3.30. The lowest BCUT2D eigenvalue weighted by atomic mass is 10.0. The van der Waals surface area contributed by atoms with E-state index in [-0.39, 0.29) is 0 Å². The molecular weight excluding hydrogens is 246 g/mol. The summed E-state index contributed by atoms with van der Waals surface area (Å²) in [5.74, 6) is -1.69. The number of rotatable bonds is 4. The van der Waals surface area contributed by atoms with Crippen molar-refractivity contribution in [2.45, 2.75) is 33.6 Å². The van der Waals surface area contributed by atoms with Gasteiger partial charge >= 0.3 is 0 Å². The number of halogens is 2. The Labute approximate surface area is 111 Å². The number of benzene rings is 1. The van der Waals surface area contributed by atoms with Crippen LogP contribution in [-0.4, -0.2) is 11.5 Å². The van der Waals surface area contributed by atoms with Gasteiger partial charge in [-0.15, -0.1) is 0 Å². The zero-order chi connectivity index (χ0) is 14.0. The van der Waals surface area contributed by atoms with Gasteiger partial charge in [0.25, 0.3) is 0 Å². The number of nitrogens with one attached hydrogen (secondary N) is 1. The normalized spacial score (nSPS) is 11.0. The standard InChI is InChI=1S/C15H18F2N2/c1-4-6-18-15-10(5-2)9(3)19-14-8-13(17)12(16)7-11(14)15/h7-8H,4-6H2,1-3H3,(H,18,19). The van der Waals surface area contributed by atoms with Gasteiger partial charge < -0.3 is 5.32 Å². The second kappa shape index (κ2) is 5.51. The minimum absolute atomic E-state index is 0.493. The Hall–Kier alpha value is -1.71. The molecule has 2 rings (SSSR count). The maximum atomic E-state index is 13.5. The van der Waals surface area contributed by atoms with Gasteiger partial charge in [0.05, 0.1) is 5.52 Å². The molecule has 1 aromatic carbocycles. The first kappa shape index (κ1) is 13.7. The van der Waals surface area contributed by atoms with Crippen LogP contribution in [0, 0.1) is 18.6 Å². The fraction of sp³-hybridized carbons (Fsp3) is 0.400. The second-order valence-corrected chi connectivity index (χ2v) is 4.61. The van der Waals surface area contributed by atoms with E-state index in [9.17, 15) is 8.78 Å². The van der Waals surface area contributed by atoms with Crippen molar-refractivity contribution in [2.24, 2.45) is 0 Å². The molecule has 0 bridgehead atoms. The Kier molecular flexibility index (Phi) is 3.98. The summed E-state index contributed by atoms with van der Waals surface area (Å²) < 4.78 is 26.8. The predicted molar refractivity (Wildman–Crippen MR) is 74.6 cm³/mol. The van der Waals surface area contributed by atoms with Gasteiger partial charge in [-0.2, -0.15) is 0 Å². The zero-order valence-corrected chi connectivity index (χ0v) is 11.5. The average molecular weight is 264 g/mol. The summed E-state index contributed by atoms with van der Waals surface area (Å²) in [6.45, 7) is 6.79. The number of anilines is 1. The highest BCUT2D eigenvalue weighted by Crippen LogP contribution is 2.30. The van der Waals surface area contributed by atoms with E-state index < -0.39 is 11.6 Å². The molecule has 0 aliphatic rings. The number of pyridine rings is 1. The Morgan fingerprint density at radius 3 is 2.47 bits per heavy atom. The predicted octanol–water partition coefficient (Wildman–Crippen LogP) is 4.21. The van der Waals surface area contributed by atoms with E-state index in [1.807, 2.05) is 13.8 Å². The molecule has 0 saturated carbocycles. The highest BCUT2D eigenvalue weighted by molar-refractivity contribution is 5.93. The number of hydrogen-bond acceptors (Lipinski definition) is 2. The number of fused-ring (bicyclic) bond motifs is 1. The summed E-state index contributed by atoms with van der Waals surface area (Å²) in [6, 6.07) is 2.39. The molecule has 4 heteroatoms. The molecular formula is C15H18F2N2. The maximum absolute atomic E-state index is 13.5. The van der Waals surface area contributed by atoms with E-state index in [1.54, 1.807) is 0 Å². The van der Waals surface area contributed by atoms with Crippen LogP contribution in [0.1, 0.15) is 31.5 Å². The lowest BCUT2D eigenvalue weighted by Crippen LogP contribution is -2.07. The summed E-state index contributed by atoms with van der Waals surface area (Å²) >= 11 is 0. The van der Waals surface area contributed by atoms with Gasteiger partial charge in [-0.3, -0.25) is 4.98 Å². The first-order valence-corrected chi connectivity index (χ1v) is 6.60. The molecule has 0 unspecified atom stereocenters. The van der Waals surface area contributed by atoms with Crippen LogP contribution in [0.25, 0.3) is 10.9 Å². The van der Waals surface area contributed by atoms with Crippen molar-refractivity contribution >= 4 is 16.6 Å². The highest BCUT2D eigenvalue weighted by Gasteiger charge is 2.14. The highest BCUT2D eigenvalue weighted by atomic mass is 19.2. The quantitative estimate of drug-likeness (QED) is 0.895. The average Bonchev–Trinajstić information content (AvgIpc) is 2.38. The van der Waals surface area contributed by atoms with Crippen molar-refractivity contribution in [3.63, 3.8) is 0 Å². The smallest absolute Gasteiger partial charge is 0.161 e. The van der Waals surface area contributed by atoms with Crippen LogP contribution >= 0.6 is 0 Å². The molecule has 1 aromatic heterocycles. The van der Waals surface area contributed by atoms with Gasteiger partial charge in [0.2, 0.25) is 0 Å². The third-order valence-electron chi connectivity index (χ3n) is 3.24. The van der Waals surface area contributed by atoms with E-state index in [0.29, 0.717) is 10.9 Å². The third-order valence-corrected chi connectivity index (χ3v) is 3.24. The van der Waals surface area contributed by atoms with Crippen LogP contribution in [0.15, 0.2) is 12.1 Å². The van der Waals surface area contributed by atoms with Crippen molar-refractivity contribution < 1.29 is 8.78 Å². The van der Waals surface area contributed by atoms with Crippen molar-refractivity contribution in [3.05, 3.63) is 35.0 Å². The van der Waals surface area contributed by atoms with Gasteiger partial charge in [-0.1, -0.05) is 13.8 Å². The Bertz CT molecular complexity index is 609. The molecule has 0 atom stereocenters. The van der Waals surface area contributed by atoms with Crippen LogP contribution in [0.4, 0.5) is 14.5 Å². The number of aryl methyl sites for hydroxylation is 1. The first-order valence-electron chi connectivity index (χ1n) is 6.60.